The van der Waals surface area contributed by atoms with Crippen LogP contribution in [0.5, 0.6) is 5.75 Å². The van der Waals surface area contributed by atoms with Crippen LogP contribution in [0.3, 0.4) is 0 Å². The van der Waals surface area contributed by atoms with Crippen LogP contribution in [-0.4, -0.2) is 52.1 Å². The first-order chi connectivity index (χ1) is 16.9. The fraction of sp³-hybridized carbons (Fsp3) is 0.217. The number of aliphatic hydroxyl groups is 1. The average Bonchev–Trinajstić information content (AvgIpc) is 3.46. The number of halogens is 2. The van der Waals surface area contributed by atoms with Crippen LogP contribution in [0.1, 0.15) is 17.3 Å². The molecule has 4 rings (SSSR count). The van der Waals surface area contributed by atoms with Crippen LogP contribution in [0.2, 0.25) is 0 Å². The lowest BCUT2D eigenvalue weighted by atomic mass is 10.0. The summed E-state index contributed by atoms with van der Waals surface area (Å²) < 4.78 is 20.3. The van der Waals surface area contributed by atoms with Crippen molar-refractivity contribution in [2.45, 2.75) is 18.5 Å². The number of hydrogen-bond acceptors (Lipinski definition) is 7. The van der Waals surface area contributed by atoms with E-state index in [1.165, 1.54) is 23.5 Å². The van der Waals surface area contributed by atoms with Gasteiger partial charge in [0.05, 0.1) is 23.5 Å². The van der Waals surface area contributed by atoms with Crippen LogP contribution < -0.4 is 15.4 Å². The first-order valence-electron chi connectivity index (χ1n) is 10.5. The Balaban J connectivity index is 1.58. The Morgan fingerprint density at radius 1 is 1.29 bits per heavy atom. The third-order valence-corrected chi connectivity index (χ3v) is 6.54. The molecule has 0 spiro atoms. The molecule has 1 saturated heterocycles. The van der Waals surface area contributed by atoms with E-state index in [1.54, 1.807) is 41.2 Å². The molecule has 0 aliphatic carbocycles. The minimum atomic E-state index is -1.25. The summed E-state index contributed by atoms with van der Waals surface area (Å²) in [5, 5.41) is 15.7. The average molecular weight is 610 g/mol. The van der Waals surface area contributed by atoms with Gasteiger partial charge in [0, 0.05) is 15.4 Å². The number of carbonyl (C=O) groups is 3. The number of hydrogen-bond donors (Lipinski definition) is 3. The van der Waals surface area contributed by atoms with Gasteiger partial charge in [-0.15, -0.1) is 11.3 Å². The van der Waals surface area contributed by atoms with Crippen molar-refractivity contribution in [2.24, 2.45) is 0 Å². The molecule has 12 heteroatoms. The number of urea groups is 1. The fourth-order valence-corrected chi connectivity index (χ4v) is 4.60. The lowest BCUT2D eigenvalue weighted by Crippen LogP contribution is -2.49. The maximum Gasteiger partial charge on any atom is 0.325 e. The summed E-state index contributed by atoms with van der Waals surface area (Å²) in [6, 6.07) is 7.80. The smallest absolute Gasteiger partial charge is 0.325 e. The van der Waals surface area contributed by atoms with Gasteiger partial charge in [-0.25, -0.2) is 19.1 Å². The van der Waals surface area contributed by atoms with E-state index in [9.17, 15) is 18.8 Å². The van der Waals surface area contributed by atoms with Gasteiger partial charge >= 0.3 is 6.03 Å². The van der Waals surface area contributed by atoms with Gasteiger partial charge in [-0.2, -0.15) is 0 Å². The zero-order chi connectivity index (χ0) is 24.9. The van der Waals surface area contributed by atoms with Gasteiger partial charge in [-0.1, -0.05) is 12.1 Å². The highest BCUT2D eigenvalue weighted by molar-refractivity contribution is 14.1. The molecule has 2 heterocycles. The van der Waals surface area contributed by atoms with Crippen molar-refractivity contribution in [3.8, 4) is 5.75 Å². The van der Waals surface area contributed by atoms with Gasteiger partial charge in [-0.3, -0.25) is 9.59 Å². The van der Waals surface area contributed by atoms with Crippen LogP contribution in [0, 0.1) is 9.39 Å². The van der Waals surface area contributed by atoms with Crippen molar-refractivity contribution in [3.05, 3.63) is 74.0 Å². The molecular formula is C23H20FIN4O5S. The number of rotatable bonds is 9. The van der Waals surface area contributed by atoms with Gasteiger partial charge in [-0.05, 0) is 58.5 Å². The second kappa shape index (κ2) is 11.1. The Morgan fingerprint density at radius 2 is 2.06 bits per heavy atom. The third kappa shape index (κ3) is 5.77. The normalized spacial score (nSPS) is 16.2. The Bertz CT molecular complexity index is 1230. The molecule has 1 aromatic heterocycles. The number of thiazole rings is 1. The van der Waals surface area contributed by atoms with Gasteiger partial charge in [0.1, 0.15) is 30.3 Å². The highest BCUT2D eigenvalue weighted by Crippen LogP contribution is 2.27. The Hall–Kier alpha value is -3.10. The quantitative estimate of drug-likeness (QED) is 0.253. The molecule has 1 aliphatic rings. The number of nitrogens with zero attached hydrogens (tertiary/aromatic N) is 2. The van der Waals surface area contributed by atoms with Crippen molar-refractivity contribution in [1.29, 1.82) is 0 Å². The molecule has 0 bridgehead atoms. The largest absolute Gasteiger partial charge is 0.491 e. The number of nitrogens with one attached hydrogen (secondary N) is 2. The molecule has 35 heavy (non-hydrogen) atoms. The molecule has 3 aromatic rings. The van der Waals surface area contributed by atoms with E-state index in [2.05, 4.69) is 15.6 Å². The maximum atomic E-state index is 14.4. The number of ether oxygens (including phenoxy) is 1. The number of amides is 4. The summed E-state index contributed by atoms with van der Waals surface area (Å²) in [5.74, 6) is -1.46. The van der Waals surface area contributed by atoms with Gasteiger partial charge in [0.25, 0.3) is 5.91 Å². The summed E-state index contributed by atoms with van der Waals surface area (Å²) in [6.07, 6.45) is -0.0266. The molecule has 1 aliphatic heterocycles. The Morgan fingerprint density at radius 3 is 2.71 bits per heavy atom. The molecule has 4 amide bonds. The highest BCUT2D eigenvalue weighted by atomic mass is 127. The van der Waals surface area contributed by atoms with Crippen LogP contribution >= 0.6 is 33.9 Å². The summed E-state index contributed by atoms with van der Waals surface area (Å²) in [6.45, 7) is -0.0107. The van der Waals surface area contributed by atoms with Crippen LogP contribution in [0.25, 0.3) is 0 Å². The molecule has 9 nitrogen and oxygen atoms in total. The van der Waals surface area contributed by atoms with E-state index in [0.29, 0.717) is 20.6 Å². The van der Waals surface area contributed by atoms with Gasteiger partial charge < -0.3 is 20.5 Å². The molecule has 3 N–H and O–H groups in total. The zero-order valence-electron chi connectivity index (χ0n) is 18.1. The predicted octanol–water partition coefficient (Wildman–Crippen LogP) is 3.10. The highest BCUT2D eigenvalue weighted by Gasteiger charge is 2.45. The minimum absolute atomic E-state index is 0.0266. The van der Waals surface area contributed by atoms with Crippen molar-refractivity contribution in [2.75, 3.05) is 18.5 Å². The van der Waals surface area contributed by atoms with E-state index < -0.39 is 35.7 Å². The molecule has 2 unspecified atom stereocenters. The molecule has 182 valence electrons. The summed E-state index contributed by atoms with van der Waals surface area (Å²) in [5.41, 5.74) is 2.55. The molecule has 1 fully saturated rings. The molecule has 0 radical (unpaired) electrons. The fourth-order valence-electron chi connectivity index (χ4n) is 3.58. The van der Waals surface area contributed by atoms with Crippen molar-refractivity contribution >= 4 is 57.5 Å². The van der Waals surface area contributed by atoms with Crippen LogP contribution in [0.15, 0.2) is 53.4 Å². The minimum Gasteiger partial charge on any atom is -0.491 e. The Kier molecular flexibility index (Phi) is 7.93. The van der Waals surface area contributed by atoms with E-state index in [-0.39, 0.29) is 25.3 Å². The lowest BCUT2D eigenvalue weighted by molar-refractivity contribution is -0.134. The SMILES string of the molecule is O=C(Nc1ccc(I)cc1F)C(Cc1cscn1)N1C(=O)NC(c2ccc(OCCO)cc2)C1=O. The number of aliphatic hydroxyl groups excluding tert-OH is 1. The standard InChI is InChI=1S/C23H20FIN4O5S/c24-17-9-14(25)3-6-18(17)27-21(31)19(10-15-11-35-12-26-15)29-22(32)20(28-23(29)33)13-1-4-16(5-2-13)34-8-7-30/h1-6,9,11-12,19-20,30H,7-8,10H2,(H,27,31)(H,28,33). The summed E-state index contributed by atoms with van der Waals surface area (Å²) in [4.78, 5) is 44.5. The topological polar surface area (TPSA) is 121 Å². The zero-order valence-corrected chi connectivity index (χ0v) is 21.1. The summed E-state index contributed by atoms with van der Waals surface area (Å²) >= 11 is 3.27. The Labute approximate surface area is 217 Å². The number of imide groups is 1. The first-order valence-corrected chi connectivity index (χ1v) is 12.5. The third-order valence-electron chi connectivity index (χ3n) is 5.23. The molecule has 2 aromatic carbocycles. The number of benzene rings is 2. The second-order valence-corrected chi connectivity index (χ2v) is 9.51. The van der Waals surface area contributed by atoms with Crippen LogP contribution in [-0.2, 0) is 16.0 Å². The van der Waals surface area contributed by atoms with E-state index in [1.807, 2.05) is 22.6 Å². The monoisotopic (exact) mass is 610 g/mol. The molecular weight excluding hydrogens is 590 g/mol. The van der Waals surface area contributed by atoms with E-state index >= 15 is 0 Å². The second-order valence-electron chi connectivity index (χ2n) is 7.54. The van der Waals surface area contributed by atoms with E-state index in [0.717, 1.165) is 4.90 Å². The van der Waals surface area contributed by atoms with E-state index in [4.69, 9.17) is 9.84 Å². The number of aromatic nitrogens is 1. The predicted molar refractivity (Wildman–Crippen MR) is 134 cm³/mol. The van der Waals surface area contributed by atoms with Crippen molar-refractivity contribution < 1.29 is 28.6 Å². The molecule has 2 atom stereocenters. The molecule has 0 saturated carbocycles. The summed E-state index contributed by atoms with van der Waals surface area (Å²) in [7, 11) is 0. The van der Waals surface area contributed by atoms with Crippen molar-refractivity contribution in [3.63, 3.8) is 0 Å². The van der Waals surface area contributed by atoms with Gasteiger partial charge in [0.2, 0.25) is 5.91 Å². The van der Waals surface area contributed by atoms with Crippen molar-refractivity contribution in [1.82, 2.24) is 15.2 Å². The number of anilines is 1. The number of carbonyl (C=O) groups excluding carboxylic acids is 3. The first kappa shape index (κ1) is 25.0. The van der Waals surface area contributed by atoms with Gasteiger partial charge in [0.15, 0.2) is 0 Å². The maximum absolute atomic E-state index is 14.4. The van der Waals surface area contributed by atoms with Crippen LogP contribution in [0.4, 0.5) is 14.9 Å². The lowest BCUT2D eigenvalue weighted by Gasteiger charge is -2.24.